The molecule has 3 aromatic rings. The van der Waals surface area contributed by atoms with E-state index >= 15 is 0 Å². The van der Waals surface area contributed by atoms with Crippen molar-refractivity contribution in [3.63, 3.8) is 0 Å². The Morgan fingerprint density at radius 3 is 2.46 bits per heavy atom. The summed E-state index contributed by atoms with van der Waals surface area (Å²) >= 11 is 0. The largest absolute Gasteiger partial charge is 0.504 e. The van der Waals surface area contributed by atoms with Gasteiger partial charge >= 0.3 is 6.09 Å². The van der Waals surface area contributed by atoms with Crippen LogP contribution < -0.4 is 21.1 Å². The van der Waals surface area contributed by atoms with Crippen molar-refractivity contribution in [2.75, 3.05) is 18.2 Å². The van der Waals surface area contributed by atoms with E-state index in [4.69, 9.17) is 15.2 Å². The number of allylic oxidation sites excluding steroid dienone is 1. The van der Waals surface area contributed by atoms with Gasteiger partial charge in [-0.05, 0) is 67.3 Å². The molecule has 0 bridgehead atoms. The van der Waals surface area contributed by atoms with Crippen molar-refractivity contribution in [2.45, 2.75) is 25.4 Å². The first kappa shape index (κ1) is 26.8. The Morgan fingerprint density at radius 1 is 1.03 bits per heavy atom. The summed E-state index contributed by atoms with van der Waals surface area (Å²) in [6.45, 7) is 0. The zero-order valence-electron chi connectivity index (χ0n) is 20.3. The number of carbonyl (C=O) groups is 3. The van der Waals surface area contributed by atoms with E-state index in [2.05, 4.69) is 10.6 Å². The van der Waals surface area contributed by atoms with Gasteiger partial charge in [-0.2, -0.15) is 0 Å². The van der Waals surface area contributed by atoms with Crippen LogP contribution in [0.3, 0.4) is 0 Å². The number of unbranched alkanes of at least 4 members (excludes halogenated alkanes) is 1. The molecule has 192 valence electrons. The number of carbonyl (C=O) groups excluding carboxylic acids is 3. The minimum atomic E-state index is -0.912. The van der Waals surface area contributed by atoms with Crippen molar-refractivity contribution in [1.29, 1.82) is 0 Å². The molecule has 0 radical (unpaired) electrons. The smallest absolute Gasteiger partial charge is 0.414 e. The lowest BCUT2D eigenvalue weighted by Crippen LogP contribution is -2.32. The number of anilines is 2. The van der Waals surface area contributed by atoms with Gasteiger partial charge in [-0.3, -0.25) is 14.9 Å². The SMILES string of the molecule is COc1ccc([C@@H](CCC/C=C/C(=O)Nc2ccccc2N)OC(=O)NC(=O)c2ccccc2)cc1O. The molecular formula is C28H29N3O6. The third kappa shape index (κ3) is 8.14. The highest BCUT2D eigenvalue weighted by molar-refractivity contribution is 6.03. The molecule has 0 aromatic heterocycles. The van der Waals surface area contributed by atoms with E-state index in [1.807, 2.05) is 0 Å². The molecule has 0 heterocycles. The highest BCUT2D eigenvalue weighted by atomic mass is 16.6. The van der Waals surface area contributed by atoms with Gasteiger partial charge in [-0.25, -0.2) is 4.79 Å². The summed E-state index contributed by atoms with van der Waals surface area (Å²) < 4.78 is 10.6. The number of ether oxygens (including phenoxy) is 2. The number of phenolic OH excluding ortho intramolecular Hbond substituents is 1. The highest BCUT2D eigenvalue weighted by Crippen LogP contribution is 2.32. The molecule has 0 aliphatic heterocycles. The summed E-state index contributed by atoms with van der Waals surface area (Å²) in [6.07, 6.45) is 2.88. The number of imide groups is 1. The first-order valence-corrected chi connectivity index (χ1v) is 11.6. The minimum absolute atomic E-state index is 0.105. The van der Waals surface area contributed by atoms with Crippen molar-refractivity contribution >= 4 is 29.3 Å². The summed E-state index contributed by atoms with van der Waals surface area (Å²) in [7, 11) is 1.43. The Morgan fingerprint density at radius 2 is 1.76 bits per heavy atom. The number of benzene rings is 3. The fourth-order valence-electron chi connectivity index (χ4n) is 3.51. The molecule has 0 saturated carbocycles. The second-order valence-corrected chi connectivity index (χ2v) is 8.06. The predicted octanol–water partition coefficient (Wildman–Crippen LogP) is 4.96. The first-order valence-electron chi connectivity index (χ1n) is 11.6. The quantitative estimate of drug-likeness (QED) is 0.174. The van der Waals surface area contributed by atoms with Crippen LogP contribution in [0, 0.1) is 0 Å². The summed E-state index contributed by atoms with van der Waals surface area (Å²) in [5.74, 6) is -0.732. The lowest BCUT2D eigenvalue weighted by atomic mass is 10.0. The molecule has 3 rings (SSSR count). The molecule has 9 heteroatoms. The van der Waals surface area contributed by atoms with Gasteiger partial charge < -0.3 is 25.6 Å². The van der Waals surface area contributed by atoms with Gasteiger partial charge in [-0.1, -0.05) is 42.5 Å². The molecule has 37 heavy (non-hydrogen) atoms. The summed E-state index contributed by atoms with van der Waals surface area (Å²) in [5, 5.41) is 15.1. The summed E-state index contributed by atoms with van der Waals surface area (Å²) in [5.41, 5.74) is 7.68. The molecule has 3 amide bonds. The molecular weight excluding hydrogens is 474 g/mol. The number of hydrogen-bond donors (Lipinski definition) is 4. The maximum Gasteiger partial charge on any atom is 0.414 e. The van der Waals surface area contributed by atoms with Crippen LogP contribution in [0.1, 0.15) is 41.3 Å². The lowest BCUT2D eigenvalue weighted by molar-refractivity contribution is -0.111. The molecule has 0 saturated heterocycles. The second kappa shape index (κ2) is 13.3. The maximum atomic E-state index is 12.5. The Kier molecular flexibility index (Phi) is 9.66. The number of rotatable bonds is 10. The third-order valence-electron chi connectivity index (χ3n) is 5.40. The minimum Gasteiger partial charge on any atom is -0.504 e. The molecule has 3 aromatic carbocycles. The topological polar surface area (TPSA) is 140 Å². The molecule has 0 fully saturated rings. The monoisotopic (exact) mass is 503 g/mol. The van der Waals surface area contributed by atoms with Crippen LogP contribution in [0.2, 0.25) is 0 Å². The van der Waals surface area contributed by atoms with Gasteiger partial charge in [0.25, 0.3) is 5.91 Å². The van der Waals surface area contributed by atoms with Crippen LogP contribution in [-0.4, -0.2) is 30.1 Å². The number of alkyl carbamates (subject to hydrolysis) is 1. The van der Waals surface area contributed by atoms with Crippen LogP contribution in [-0.2, 0) is 9.53 Å². The van der Waals surface area contributed by atoms with Gasteiger partial charge in [0.05, 0.1) is 18.5 Å². The van der Waals surface area contributed by atoms with Crippen molar-refractivity contribution in [3.8, 4) is 11.5 Å². The first-order chi connectivity index (χ1) is 17.9. The fraction of sp³-hybridized carbons (Fsp3) is 0.179. The van der Waals surface area contributed by atoms with Crippen molar-refractivity contribution < 1.29 is 29.0 Å². The number of methoxy groups -OCH3 is 1. The van der Waals surface area contributed by atoms with E-state index in [9.17, 15) is 19.5 Å². The third-order valence-corrected chi connectivity index (χ3v) is 5.40. The molecule has 0 spiro atoms. The van der Waals surface area contributed by atoms with Crippen LogP contribution in [0.25, 0.3) is 0 Å². The van der Waals surface area contributed by atoms with Gasteiger partial charge in [0.15, 0.2) is 11.5 Å². The zero-order valence-corrected chi connectivity index (χ0v) is 20.3. The molecule has 9 nitrogen and oxygen atoms in total. The predicted molar refractivity (Wildman–Crippen MR) is 140 cm³/mol. The van der Waals surface area contributed by atoms with E-state index in [1.165, 1.54) is 19.3 Å². The van der Waals surface area contributed by atoms with Crippen molar-refractivity contribution in [1.82, 2.24) is 5.32 Å². The Labute approximate surface area is 214 Å². The van der Waals surface area contributed by atoms with E-state index in [-0.39, 0.29) is 17.4 Å². The number of aromatic hydroxyl groups is 1. The number of amides is 3. The molecule has 0 unspecified atom stereocenters. The second-order valence-electron chi connectivity index (χ2n) is 8.06. The van der Waals surface area contributed by atoms with E-state index in [1.54, 1.807) is 72.8 Å². The zero-order chi connectivity index (χ0) is 26.6. The average molecular weight is 504 g/mol. The Balaban J connectivity index is 1.60. The molecule has 0 aliphatic carbocycles. The fourth-order valence-corrected chi connectivity index (χ4v) is 3.51. The number of para-hydroxylation sites is 2. The number of hydrogen-bond acceptors (Lipinski definition) is 7. The van der Waals surface area contributed by atoms with Gasteiger partial charge in [-0.15, -0.1) is 0 Å². The number of nitrogens with two attached hydrogens (primary N) is 1. The lowest BCUT2D eigenvalue weighted by Gasteiger charge is -2.19. The van der Waals surface area contributed by atoms with Gasteiger partial charge in [0, 0.05) is 5.56 Å². The highest BCUT2D eigenvalue weighted by Gasteiger charge is 2.20. The van der Waals surface area contributed by atoms with Crippen LogP contribution in [0.4, 0.5) is 16.2 Å². The summed E-state index contributed by atoms with van der Waals surface area (Å²) in [6, 6.07) is 19.9. The number of nitrogens with one attached hydrogen (secondary N) is 2. The number of nitrogen functional groups attached to an aromatic ring is 1. The van der Waals surface area contributed by atoms with Crippen LogP contribution in [0.5, 0.6) is 11.5 Å². The molecule has 1 atom stereocenters. The van der Waals surface area contributed by atoms with Crippen LogP contribution >= 0.6 is 0 Å². The van der Waals surface area contributed by atoms with E-state index in [0.717, 1.165) is 0 Å². The molecule has 0 aliphatic rings. The van der Waals surface area contributed by atoms with E-state index in [0.29, 0.717) is 41.8 Å². The van der Waals surface area contributed by atoms with Gasteiger partial charge in [0.2, 0.25) is 5.91 Å². The molecule has 5 N–H and O–H groups in total. The summed E-state index contributed by atoms with van der Waals surface area (Å²) in [4.78, 5) is 36.9. The standard InChI is InChI=1S/C28H29N3O6/c1-36-25-17-16-20(18-23(25)32)24(37-28(35)31-27(34)19-10-4-2-5-11-19)14-6-3-7-15-26(33)30-22-13-9-8-12-21(22)29/h2,4-5,7-13,15-18,24,32H,3,6,14,29H2,1H3,(H,30,33)(H,31,34,35)/b15-7+/t24-/m1/s1. The average Bonchev–Trinajstić information content (AvgIpc) is 2.89. The van der Waals surface area contributed by atoms with Gasteiger partial charge in [0.1, 0.15) is 6.10 Å². The maximum absolute atomic E-state index is 12.5. The van der Waals surface area contributed by atoms with Crippen molar-refractivity contribution in [3.05, 3.63) is 96.1 Å². The normalized spacial score (nSPS) is 11.5. The van der Waals surface area contributed by atoms with E-state index < -0.39 is 18.1 Å². The Bertz CT molecular complexity index is 1260. The van der Waals surface area contributed by atoms with Crippen LogP contribution in [0.15, 0.2) is 84.9 Å². The number of phenols is 1. The Hall–Kier alpha value is -4.79. The van der Waals surface area contributed by atoms with Crippen molar-refractivity contribution in [2.24, 2.45) is 0 Å².